The number of tetrazole rings is 1. The molecule has 0 spiro atoms. The van der Waals surface area contributed by atoms with Crippen molar-refractivity contribution in [1.82, 2.24) is 30.4 Å². The van der Waals surface area contributed by atoms with Gasteiger partial charge in [-0.2, -0.15) is 4.68 Å². The minimum Gasteiger partial charge on any atom is -0.318 e. The Hall–Kier alpha value is -1.79. The average molecular weight is 286 g/mol. The van der Waals surface area contributed by atoms with Crippen LogP contribution in [0.3, 0.4) is 0 Å². The van der Waals surface area contributed by atoms with Crippen LogP contribution in [-0.4, -0.2) is 51.3 Å². The predicted octanol–water partition coefficient (Wildman–Crippen LogP) is 1.24. The van der Waals surface area contributed by atoms with E-state index < -0.39 is 0 Å². The highest BCUT2D eigenvalue weighted by Crippen LogP contribution is 2.19. The first-order valence-electron chi connectivity index (χ1n) is 7.60. The number of likely N-dealkylation sites (N-methyl/N-ethyl adjacent to an activating group) is 1. The number of benzene rings is 1. The Balaban J connectivity index is 1.77. The average Bonchev–Trinajstić information content (AvgIpc) is 2.99. The molecular formula is C15H22N6. The summed E-state index contributed by atoms with van der Waals surface area (Å²) in [7, 11) is 2.01. The molecule has 6 heteroatoms. The number of piperidine rings is 1. The number of likely N-dealkylation sites (tertiary alicyclic amines) is 1. The van der Waals surface area contributed by atoms with Crippen molar-refractivity contribution in [1.29, 1.82) is 0 Å². The largest absolute Gasteiger partial charge is 0.318 e. The molecule has 1 aliphatic heterocycles. The molecule has 1 aliphatic rings. The van der Waals surface area contributed by atoms with Gasteiger partial charge < -0.3 is 5.32 Å². The van der Waals surface area contributed by atoms with Gasteiger partial charge in [0, 0.05) is 12.6 Å². The maximum Gasteiger partial charge on any atom is 0.170 e. The van der Waals surface area contributed by atoms with Gasteiger partial charge in [-0.25, -0.2) is 0 Å². The van der Waals surface area contributed by atoms with Gasteiger partial charge in [-0.3, -0.25) is 4.90 Å². The lowest BCUT2D eigenvalue weighted by atomic mass is 10.0. The minimum atomic E-state index is 0.574. The molecule has 0 amide bonds. The predicted molar refractivity (Wildman–Crippen MR) is 81.1 cm³/mol. The third-order valence-electron chi connectivity index (χ3n) is 4.07. The van der Waals surface area contributed by atoms with Crippen LogP contribution in [0.1, 0.15) is 25.1 Å². The van der Waals surface area contributed by atoms with Gasteiger partial charge in [0.25, 0.3) is 0 Å². The first kappa shape index (κ1) is 14.2. The van der Waals surface area contributed by atoms with Crippen LogP contribution in [0.15, 0.2) is 30.3 Å². The van der Waals surface area contributed by atoms with Gasteiger partial charge >= 0.3 is 0 Å². The molecule has 0 aliphatic carbocycles. The summed E-state index contributed by atoms with van der Waals surface area (Å²) in [5, 5.41) is 15.5. The van der Waals surface area contributed by atoms with Gasteiger partial charge in [0.1, 0.15) is 0 Å². The van der Waals surface area contributed by atoms with Crippen LogP contribution in [0.4, 0.5) is 0 Å². The van der Waals surface area contributed by atoms with E-state index in [2.05, 4.69) is 25.7 Å². The van der Waals surface area contributed by atoms with E-state index in [0.717, 1.165) is 31.1 Å². The molecule has 2 heterocycles. The van der Waals surface area contributed by atoms with E-state index in [9.17, 15) is 0 Å². The van der Waals surface area contributed by atoms with Crippen LogP contribution in [0.25, 0.3) is 5.69 Å². The molecule has 0 saturated carbocycles. The highest BCUT2D eigenvalue weighted by atomic mass is 15.5. The minimum absolute atomic E-state index is 0.574. The summed E-state index contributed by atoms with van der Waals surface area (Å²) in [5.41, 5.74) is 1.01. The number of nitrogens with zero attached hydrogens (tertiary/aromatic N) is 5. The zero-order chi connectivity index (χ0) is 14.5. The van der Waals surface area contributed by atoms with Crippen LogP contribution in [-0.2, 0) is 6.54 Å². The van der Waals surface area contributed by atoms with E-state index in [4.69, 9.17) is 0 Å². The smallest absolute Gasteiger partial charge is 0.170 e. The molecule has 1 fully saturated rings. The van der Waals surface area contributed by atoms with E-state index in [1.165, 1.54) is 19.3 Å². The zero-order valence-electron chi connectivity index (χ0n) is 12.4. The van der Waals surface area contributed by atoms with Crippen LogP contribution >= 0.6 is 0 Å². The second kappa shape index (κ2) is 6.78. The Morgan fingerprint density at radius 3 is 2.90 bits per heavy atom. The number of para-hydroxylation sites is 1. The summed E-state index contributed by atoms with van der Waals surface area (Å²) in [6, 6.07) is 10.6. The third kappa shape index (κ3) is 3.28. The molecule has 3 rings (SSSR count). The quantitative estimate of drug-likeness (QED) is 0.896. The monoisotopic (exact) mass is 286 g/mol. The lowest BCUT2D eigenvalue weighted by Gasteiger charge is -2.35. The first-order valence-corrected chi connectivity index (χ1v) is 7.60. The van der Waals surface area contributed by atoms with Crippen LogP contribution in [0.2, 0.25) is 0 Å². The molecule has 112 valence electrons. The number of hydrogen-bond donors (Lipinski definition) is 1. The fraction of sp³-hybridized carbons (Fsp3) is 0.533. The van der Waals surface area contributed by atoms with E-state index in [-0.39, 0.29) is 0 Å². The third-order valence-corrected chi connectivity index (χ3v) is 4.07. The van der Waals surface area contributed by atoms with Crippen molar-refractivity contribution in [2.45, 2.75) is 31.8 Å². The number of rotatable bonds is 5. The summed E-state index contributed by atoms with van der Waals surface area (Å²) in [5.74, 6) is 0.907. The van der Waals surface area contributed by atoms with Crippen molar-refractivity contribution in [2.24, 2.45) is 0 Å². The van der Waals surface area contributed by atoms with Crippen molar-refractivity contribution >= 4 is 0 Å². The van der Waals surface area contributed by atoms with Crippen molar-refractivity contribution in [2.75, 3.05) is 20.1 Å². The van der Waals surface area contributed by atoms with Gasteiger partial charge in [0.15, 0.2) is 5.82 Å². The molecule has 1 atom stereocenters. The van der Waals surface area contributed by atoms with Crippen molar-refractivity contribution < 1.29 is 0 Å². The van der Waals surface area contributed by atoms with Crippen molar-refractivity contribution in [3.05, 3.63) is 36.2 Å². The summed E-state index contributed by atoms with van der Waals surface area (Å²) in [4.78, 5) is 2.49. The zero-order valence-corrected chi connectivity index (χ0v) is 12.4. The Kier molecular flexibility index (Phi) is 4.57. The van der Waals surface area contributed by atoms with Gasteiger partial charge in [0.2, 0.25) is 0 Å². The van der Waals surface area contributed by atoms with Crippen molar-refractivity contribution in [3.8, 4) is 5.69 Å². The normalized spacial score (nSPS) is 19.8. The second-order valence-corrected chi connectivity index (χ2v) is 5.52. The van der Waals surface area contributed by atoms with Gasteiger partial charge in [0.05, 0.1) is 12.2 Å². The maximum absolute atomic E-state index is 4.22. The molecule has 0 radical (unpaired) electrons. The number of aromatic nitrogens is 4. The number of hydrogen-bond acceptors (Lipinski definition) is 5. The van der Waals surface area contributed by atoms with E-state index in [1.807, 2.05) is 42.1 Å². The molecule has 1 N–H and O–H groups in total. The summed E-state index contributed by atoms with van der Waals surface area (Å²) in [6.45, 7) is 2.94. The highest BCUT2D eigenvalue weighted by Gasteiger charge is 2.23. The van der Waals surface area contributed by atoms with Gasteiger partial charge in [-0.05, 0) is 49.0 Å². The highest BCUT2D eigenvalue weighted by molar-refractivity contribution is 5.30. The molecule has 21 heavy (non-hydrogen) atoms. The Morgan fingerprint density at radius 2 is 2.10 bits per heavy atom. The van der Waals surface area contributed by atoms with Crippen LogP contribution < -0.4 is 5.32 Å². The fourth-order valence-corrected chi connectivity index (χ4v) is 2.99. The molecular weight excluding hydrogens is 264 g/mol. The Morgan fingerprint density at radius 1 is 1.24 bits per heavy atom. The Labute approximate surface area is 125 Å². The molecule has 6 nitrogen and oxygen atoms in total. The topological polar surface area (TPSA) is 58.9 Å². The van der Waals surface area contributed by atoms with Gasteiger partial charge in [-0.1, -0.05) is 24.6 Å². The molecule has 1 aromatic heterocycles. The lowest BCUT2D eigenvalue weighted by Crippen LogP contribution is -2.44. The Bertz CT molecular complexity index is 550. The standard InChI is InChI=1S/C15H22N6/c1-16-11-14-9-5-6-10-20(14)12-15-17-18-19-21(15)13-7-3-2-4-8-13/h2-4,7-8,14,16H,5-6,9-12H2,1H3. The first-order chi connectivity index (χ1) is 10.4. The van der Waals surface area contributed by atoms with E-state index in [0.29, 0.717) is 6.04 Å². The summed E-state index contributed by atoms with van der Waals surface area (Å²) in [6.07, 6.45) is 3.81. The van der Waals surface area contributed by atoms with Crippen LogP contribution in [0, 0.1) is 0 Å². The van der Waals surface area contributed by atoms with E-state index >= 15 is 0 Å². The lowest BCUT2D eigenvalue weighted by molar-refractivity contribution is 0.135. The van der Waals surface area contributed by atoms with Crippen molar-refractivity contribution in [3.63, 3.8) is 0 Å². The SMILES string of the molecule is CNCC1CCCCN1Cc1nnnn1-c1ccccc1. The van der Waals surface area contributed by atoms with Gasteiger partial charge in [-0.15, -0.1) is 5.10 Å². The van der Waals surface area contributed by atoms with Crippen LogP contribution in [0.5, 0.6) is 0 Å². The van der Waals surface area contributed by atoms with E-state index in [1.54, 1.807) is 0 Å². The second-order valence-electron chi connectivity index (χ2n) is 5.52. The molecule has 0 bridgehead atoms. The summed E-state index contributed by atoms with van der Waals surface area (Å²) < 4.78 is 1.84. The molecule has 1 saturated heterocycles. The molecule has 2 aromatic rings. The summed E-state index contributed by atoms with van der Waals surface area (Å²) >= 11 is 0. The maximum atomic E-state index is 4.22. The molecule has 1 unspecified atom stereocenters. The molecule has 1 aromatic carbocycles. The fourth-order valence-electron chi connectivity index (χ4n) is 2.99. The number of nitrogens with one attached hydrogen (secondary N) is 1.